The smallest absolute Gasteiger partial charge is 0.226 e. The first-order valence-corrected chi connectivity index (χ1v) is 6.61. The molecule has 2 rings (SSSR count). The third-order valence-corrected chi connectivity index (χ3v) is 4.04. The van der Waals surface area contributed by atoms with Crippen molar-refractivity contribution in [1.29, 1.82) is 0 Å². The van der Waals surface area contributed by atoms with Gasteiger partial charge in [-0.3, -0.25) is 4.79 Å². The number of hydrogen-bond donors (Lipinski definition) is 1. The van der Waals surface area contributed by atoms with E-state index in [0.717, 1.165) is 25.9 Å². The molecule has 0 aromatic rings. The molecule has 4 unspecified atom stereocenters. The van der Waals surface area contributed by atoms with Crippen molar-refractivity contribution in [2.75, 3.05) is 13.1 Å². The lowest BCUT2D eigenvalue weighted by Gasteiger charge is -2.32. The van der Waals surface area contributed by atoms with Crippen LogP contribution in [0.5, 0.6) is 0 Å². The Labute approximate surface area is 98.6 Å². The number of hydrogen-bond acceptors (Lipinski definition) is 2. The van der Waals surface area contributed by atoms with E-state index in [1.54, 1.807) is 0 Å². The van der Waals surface area contributed by atoms with E-state index in [2.05, 4.69) is 31.0 Å². The molecular formula is C13H24N2O. The topological polar surface area (TPSA) is 32.3 Å². The van der Waals surface area contributed by atoms with Gasteiger partial charge >= 0.3 is 0 Å². The minimum absolute atomic E-state index is 0.268. The molecule has 3 heteroatoms. The van der Waals surface area contributed by atoms with Crippen molar-refractivity contribution in [3.8, 4) is 0 Å². The van der Waals surface area contributed by atoms with E-state index < -0.39 is 0 Å². The van der Waals surface area contributed by atoms with Crippen LogP contribution in [0, 0.1) is 11.8 Å². The van der Waals surface area contributed by atoms with Gasteiger partial charge < -0.3 is 10.2 Å². The Morgan fingerprint density at radius 2 is 2.00 bits per heavy atom. The molecular weight excluding hydrogens is 200 g/mol. The highest BCUT2D eigenvalue weighted by Crippen LogP contribution is 2.27. The van der Waals surface area contributed by atoms with E-state index in [1.165, 1.54) is 6.42 Å². The first-order chi connectivity index (χ1) is 7.58. The Hall–Kier alpha value is -0.570. The molecule has 0 aliphatic carbocycles. The lowest BCUT2D eigenvalue weighted by atomic mass is 9.92. The van der Waals surface area contributed by atoms with Gasteiger partial charge in [0.2, 0.25) is 5.91 Å². The average Bonchev–Trinajstić information content (AvgIpc) is 2.57. The molecule has 0 aromatic carbocycles. The standard InChI is InChI=1S/C13H24N2O/c1-9-6-11(3)15(8-9)13(16)12-4-5-14-10(2)7-12/h9-12,14H,4-8H2,1-3H3. The van der Waals surface area contributed by atoms with E-state index >= 15 is 0 Å². The second-order valence-corrected chi connectivity index (χ2v) is 5.76. The summed E-state index contributed by atoms with van der Waals surface area (Å²) >= 11 is 0. The quantitative estimate of drug-likeness (QED) is 0.734. The number of carbonyl (C=O) groups excluding carboxylic acids is 1. The van der Waals surface area contributed by atoms with E-state index in [0.29, 0.717) is 23.9 Å². The predicted octanol–water partition coefficient (Wildman–Crippen LogP) is 1.63. The molecule has 2 fully saturated rings. The Morgan fingerprint density at radius 3 is 2.56 bits per heavy atom. The van der Waals surface area contributed by atoms with Gasteiger partial charge in [-0.2, -0.15) is 0 Å². The van der Waals surface area contributed by atoms with Gasteiger partial charge in [0, 0.05) is 24.5 Å². The Bertz CT molecular complexity index is 267. The fourth-order valence-electron chi connectivity index (χ4n) is 3.20. The molecule has 3 nitrogen and oxygen atoms in total. The zero-order valence-electron chi connectivity index (χ0n) is 10.7. The summed E-state index contributed by atoms with van der Waals surface area (Å²) in [4.78, 5) is 14.5. The number of carbonyl (C=O) groups is 1. The molecule has 0 spiro atoms. The van der Waals surface area contributed by atoms with Crippen LogP contribution in [0.1, 0.15) is 40.0 Å². The first kappa shape index (κ1) is 11.9. The molecule has 92 valence electrons. The zero-order valence-corrected chi connectivity index (χ0v) is 10.7. The second-order valence-electron chi connectivity index (χ2n) is 5.76. The van der Waals surface area contributed by atoms with Crippen LogP contribution in [0.4, 0.5) is 0 Å². The normalized spacial score (nSPS) is 40.1. The largest absolute Gasteiger partial charge is 0.339 e. The average molecular weight is 224 g/mol. The van der Waals surface area contributed by atoms with E-state index in [4.69, 9.17) is 0 Å². The van der Waals surface area contributed by atoms with Gasteiger partial charge in [-0.1, -0.05) is 6.92 Å². The fraction of sp³-hybridized carbons (Fsp3) is 0.923. The zero-order chi connectivity index (χ0) is 11.7. The van der Waals surface area contributed by atoms with Gasteiger partial charge in [0.05, 0.1) is 0 Å². The number of likely N-dealkylation sites (tertiary alicyclic amines) is 1. The van der Waals surface area contributed by atoms with E-state index in [1.807, 2.05) is 0 Å². The van der Waals surface area contributed by atoms with Crippen molar-refractivity contribution >= 4 is 5.91 Å². The molecule has 2 aliphatic rings. The molecule has 2 aliphatic heterocycles. The van der Waals surface area contributed by atoms with Crippen LogP contribution in [-0.2, 0) is 4.79 Å². The summed E-state index contributed by atoms with van der Waals surface area (Å²) in [6, 6.07) is 0.950. The summed E-state index contributed by atoms with van der Waals surface area (Å²) in [5.41, 5.74) is 0. The molecule has 0 bridgehead atoms. The lowest BCUT2D eigenvalue weighted by Crippen LogP contribution is -2.45. The van der Waals surface area contributed by atoms with Crippen LogP contribution in [0.15, 0.2) is 0 Å². The molecule has 1 N–H and O–H groups in total. The van der Waals surface area contributed by atoms with Crippen molar-refractivity contribution < 1.29 is 4.79 Å². The van der Waals surface area contributed by atoms with Gasteiger partial charge in [0.1, 0.15) is 0 Å². The highest BCUT2D eigenvalue weighted by atomic mass is 16.2. The van der Waals surface area contributed by atoms with Crippen molar-refractivity contribution in [3.63, 3.8) is 0 Å². The number of nitrogens with one attached hydrogen (secondary N) is 1. The number of rotatable bonds is 1. The molecule has 16 heavy (non-hydrogen) atoms. The molecule has 2 saturated heterocycles. The maximum Gasteiger partial charge on any atom is 0.226 e. The Kier molecular flexibility index (Phi) is 3.53. The van der Waals surface area contributed by atoms with Crippen molar-refractivity contribution in [2.45, 2.75) is 52.1 Å². The second kappa shape index (κ2) is 4.74. The molecule has 4 atom stereocenters. The Morgan fingerprint density at radius 1 is 1.25 bits per heavy atom. The predicted molar refractivity (Wildman–Crippen MR) is 65.1 cm³/mol. The highest BCUT2D eigenvalue weighted by Gasteiger charge is 2.35. The summed E-state index contributed by atoms with van der Waals surface area (Å²) in [6.45, 7) is 8.57. The molecule has 2 heterocycles. The van der Waals surface area contributed by atoms with Crippen molar-refractivity contribution in [1.82, 2.24) is 10.2 Å². The number of nitrogens with zero attached hydrogens (tertiary/aromatic N) is 1. The van der Waals surface area contributed by atoms with Crippen LogP contribution in [0.3, 0.4) is 0 Å². The van der Waals surface area contributed by atoms with Gasteiger partial charge in [-0.25, -0.2) is 0 Å². The van der Waals surface area contributed by atoms with Gasteiger partial charge in [0.25, 0.3) is 0 Å². The van der Waals surface area contributed by atoms with Crippen molar-refractivity contribution in [2.24, 2.45) is 11.8 Å². The van der Waals surface area contributed by atoms with Crippen LogP contribution in [-0.4, -0.2) is 36.0 Å². The molecule has 0 saturated carbocycles. The monoisotopic (exact) mass is 224 g/mol. The van der Waals surface area contributed by atoms with E-state index in [9.17, 15) is 4.79 Å². The van der Waals surface area contributed by atoms with Crippen LogP contribution in [0.25, 0.3) is 0 Å². The molecule has 0 aromatic heterocycles. The fourth-order valence-corrected chi connectivity index (χ4v) is 3.20. The third kappa shape index (κ3) is 2.40. The van der Waals surface area contributed by atoms with E-state index in [-0.39, 0.29) is 5.92 Å². The summed E-state index contributed by atoms with van der Waals surface area (Å²) in [5.74, 6) is 1.35. The summed E-state index contributed by atoms with van der Waals surface area (Å²) in [6.07, 6.45) is 3.20. The summed E-state index contributed by atoms with van der Waals surface area (Å²) in [7, 11) is 0. The van der Waals surface area contributed by atoms with Gasteiger partial charge in [0.15, 0.2) is 0 Å². The van der Waals surface area contributed by atoms with Gasteiger partial charge in [-0.15, -0.1) is 0 Å². The summed E-state index contributed by atoms with van der Waals surface area (Å²) < 4.78 is 0. The minimum atomic E-state index is 0.268. The highest BCUT2D eigenvalue weighted by molar-refractivity contribution is 5.79. The number of piperidine rings is 1. The van der Waals surface area contributed by atoms with Gasteiger partial charge in [-0.05, 0) is 45.6 Å². The lowest BCUT2D eigenvalue weighted by molar-refractivity contribution is -0.137. The minimum Gasteiger partial charge on any atom is -0.339 e. The molecule has 1 amide bonds. The number of amides is 1. The maximum absolute atomic E-state index is 12.4. The SMILES string of the molecule is CC1CC(C)N(C(=O)C2CCNC(C)C2)C1. The van der Waals surface area contributed by atoms with Crippen LogP contribution < -0.4 is 5.32 Å². The third-order valence-electron chi connectivity index (χ3n) is 4.04. The summed E-state index contributed by atoms with van der Waals surface area (Å²) in [5, 5.41) is 3.41. The first-order valence-electron chi connectivity index (χ1n) is 6.61. The molecule has 0 radical (unpaired) electrons. The Balaban J connectivity index is 1.96. The van der Waals surface area contributed by atoms with Crippen LogP contribution >= 0.6 is 0 Å². The van der Waals surface area contributed by atoms with Crippen LogP contribution in [0.2, 0.25) is 0 Å². The van der Waals surface area contributed by atoms with Crippen molar-refractivity contribution in [3.05, 3.63) is 0 Å². The maximum atomic E-state index is 12.4.